The molecule has 0 fully saturated rings. The number of carbonyl (C=O) groups excluding carboxylic acids is 2. The first-order chi connectivity index (χ1) is 9.56. The summed E-state index contributed by atoms with van der Waals surface area (Å²) in [7, 11) is 0. The first kappa shape index (κ1) is 14.0. The van der Waals surface area contributed by atoms with Gasteiger partial charge in [-0.3, -0.25) is 14.6 Å². The smallest absolute Gasteiger partial charge is 0.257 e. The van der Waals surface area contributed by atoms with Crippen molar-refractivity contribution in [3.8, 4) is 0 Å². The molecule has 0 aliphatic rings. The number of nitrogens with zero attached hydrogens (tertiary/aromatic N) is 1. The minimum Gasteiger partial charge on any atom is -0.369 e. The van der Waals surface area contributed by atoms with E-state index < -0.39 is 5.91 Å². The van der Waals surface area contributed by atoms with Crippen LogP contribution in [-0.4, -0.2) is 16.8 Å². The van der Waals surface area contributed by atoms with Crippen LogP contribution in [0.25, 0.3) is 0 Å². The van der Waals surface area contributed by atoms with Crippen LogP contribution in [0, 0.1) is 0 Å². The van der Waals surface area contributed by atoms with Crippen molar-refractivity contribution >= 4 is 29.1 Å². The molecule has 0 spiro atoms. The highest BCUT2D eigenvalue weighted by atomic mass is 35.5. The third-order valence-electron chi connectivity index (χ3n) is 2.61. The summed E-state index contributed by atoms with van der Waals surface area (Å²) in [6, 6.07) is 8.40. The van der Waals surface area contributed by atoms with Gasteiger partial charge in [0.1, 0.15) is 0 Å². The fourth-order valence-corrected chi connectivity index (χ4v) is 1.87. The Hall–Kier alpha value is -2.40. The maximum Gasteiger partial charge on any atom is 0.257 e. The van der Waals surface area contributed by atoms with Crippen molar-refractivity contribution in [1.29, 1.82) is 0 Å². The second kappa shape index (κ2) is 6.16. The lowest BCUT2D eigenvalue weighted by atomic mass is 10.1. The van der Waals surface area contributed by atoms with Gasteiger partial charge in [0.05, 0.1) is 17.0 Å². The van der Waals surface area contributed by atoms with E-state index in [1.807, 2.05) is 0 Å². The van der Waals surface area contributed by atoms with Crippen LogP contribution in [0.5, 0.6) is 0 Å². The van der Waals surface area contributed by atoms with E-state index in [1.165, 1.54) is 12.4 Å². The van der Waals surface area contributed by atoms with E-state index in [4.69, 9.17) is 17.3 Å². The zero-order valence-electron chi connectivity index (χ0n) is 10.5. The van der Waals surface area contributed by atoms with Crippen LogP contribution in [-0.2, 0) is 11.2 Å². The number of benzene rings is 1. The SMILES string of the molecule is NC(=O)Cc1ccc(NC(=O)c2ccncc2Cl)cc1. The Morgan fingerprint density at radius 3 is 2.50 bits per heavy atom. The van der Waals surface area contributed by atoms with Gasteiger partial charge in [-0.05, 0) is 23.8 Å². The number of hydrogen-bond donors (Lipinski definition) is 2. The number of nitrogens with two attached hydrogens (primary N) is 1. The maximum atomic E-state index is 12.0. The Balaban J connectivity index is 2.09. The van der Waals surface area contributed by atoms with Crippen LogP contribution >= 0.6 is 11.6 Å². The highest BCUT2D eigenvalue weighted by Crippen LogP contribution is 2.16. The highest BCUT2D eigenvalue weighted by Gasteiger charge is 2.10. The van der Waals surface area contributed by atoms with Gasteiger partial charge in [-0.25, -0.2) is 0 Å². The molecule has 3 N–H and O–H groups in total. The Morgan fingerprint density at radius 1 is 1.20 bits per heavy atom. The van der Waals surface area contributed by atoms with Gasteiger partial charge < -0.3 is 11.1 Å². The van der Waals surface area contributed by atoms with Gasteiger partial charge >= 0.3 is 0 Å². The molecule has 5 nitrogen and oxygen atoms in total. The van der Waals surface area contributed by atoms with Gasteiger partial charge in [-0.1, -0.05) is 23.7 Å². The zero-order valence-corrected chi connectivity index (χ0v) is 11.2. The molecule has 6 heteroatoms. The van der Waals surface area contributed by atoms with Gasteiger partial charge in [0.2, 0.25) is 5.91 Å². The molecule has 0 saturated carbocycles. The fraction of sp³-hybridized carbons (Fsp3) is 0.0714. The van der Waals surface area contributed by atoms with Gasteiger partial charge in [0.25, 0.3) is 5.91 Å². The van der Waals surface area contributed by atoms with Crippen LogP contribution in [0.4, 0.5) is 5.69 Å². The lowest BCUT2D eigenvalue weighted by Crippen LogP contribution is -2.14. The molecule has 0 aliphatic heterocycles. The molecule has 1 aromatic heterocycles. The quantitative estimate of drug-likeness (QED) is 0.903. The monoisotopic (exact) mass is 289 g/mol. The number of aromatic nitrogens is 1. The second-order valence-electron chi connectivity index (χ2n) is 4.15. The van der Waals surface area contributed by atoms with Crippen molar-refractivity contribution in [3.63, 3.8) is 0 Å². The first-order valence-electron chi connectivity index (χ1n) is 5.84. The van der Waals surface area contributed by atoms with Crippen LogP contribution < -0.4 is 11.1 Å². The Labute approximate surface area is 120 Å². The normalized spacial score (nSPS) is 10.1. The molecule has 2 rings (SSSR count). The summed E-state index contributed by atoms with van der Waals surface area (Å²) >= 11 is 5.89. The van der Waals surface area contributed by atoms with Gasteiger partial charge in [0.15, 0.2) is 0 Å². The molecule has 0 unspecified atom stereocenters. The molecule has 0 aliphatic carbocycles. The van der Waals surface area contributed by atoms with Crippen molar-refractivity contribution in [2.75, 3.05) is 5.32 Å². The topological polar surface area (TPSA) is 85.1 Å². The number of primary amides is 1. The molecule has 102 valence electrons. The summed E-state index contributed by atoms with van der Waals surface area (Å²) in [5.41, 5.74) is 6.85. The molecular formula is C14H12ClN3O2. The van der Waals surface area contributed by atoms with Crippen LogP contribution in [0.3, 0.4) is 0 Å². The molecule has 2 aromatic rings. The minimum atomic E-state index is -0.398. The van der Waals surface area contributed by atoms with Crippen molar-refractivity contribution in [2.45, 2.75) is 6.42 Å². The second-order valence-corrected chi connectivity index (χ2v) is 4.56. The predicted octanol–water partition coefficient (Wildman–Crippen LogP) is 2.02. The van der Waals surface area contributed by atoms with Crippen molar-refractivity contribution in [2.24, 2.45) is 5.73 Å². The minimum absolute atomic E-state index is 0.171. The number of amides is 2. The Kier molecular flexibility index (Phi) is 4.32. The average Bonchev–Trinajstić information content (AvgIpc) is 2.41. The largest absolute Gasteiger partial charge is 0.369 e. The standard InChI is InChI=1S/C14H12ClN3O2/c15-12-8-17-6-5-11(12)14(20)18-10-3-1-9(2-4-10)7-13(16)19/h1-6,8H,7H2,(H2,16,19)(H,18,20). The molecule has 2 amide bonds. The number of hydrogen-bond acceptors (Lipinski definition) is 3. The van der Waals surface area contributed by atoms with E-state index in [0.717, 1.165) is 5.56 Å². The molecule has 0 bridgehead atoms. The number of carbonyl (C=O) groups is 2. The third-order valence-corrected chi connectivity index (χ3v) is 2.91. The molecule has 0 radical (unpaired) electrons. The van der Waals surface area contributed by atoms with E-state index in [-0.39, 0.29) is 17.4 Å². The maximum absolute atomic E-state index is 12.0. The lowest BCUT2D eigenvalue weighted by Gasteiger charge is -2.07. The molecule has 1 aromatic carbocycles. The number of anilines is 1. The van der Waals surface area contributed by atoms with Gasteiger partial charge in [-0.15, -0.1) is 0 Å². The summed E-state index contributed by atoms with van der Waals surface area (Å²) in [6.07, 6.45) is 3.08. The van der Waals surface area contributed by atoms with E-state index in [0.29, 0.717) is 11.3 Å². The Bertz CT molecular complexity index is 641. The first-order valence-corrected chi connectivity index (χ1v) is 6.22. The summed E-state index contributed by atoms with van der Waals surface area (Å²) in [5, 5.41) is 3.00. The molecule has 1 heterocycles. The van der Waals surface area contributed by atoms with Gasteiger partial charge in [-0.2, -0.15) is 0 Å². The summed E-state index contributed by atoms with van der Waals surface area (Å²) in [5.74, 6) is -0.717. The van der Waals surface area contributed by atoms with Gasteiger partial charge in [0, 0.05) is 18.1 Å². The van der Waals surface area contributed by atoms with Crippen LogP contribution in [0.15, 0.2) is 42.7 Å². The summed E-state index contributed by atoms with van der Waals surface area (Å²) < 4.78 is 0. The highest BCUT2D eigenvalue weighted by molar-refractivity contribution is 6.34. The Morgan fingerprint density at radius 2 is 1.90 bits per heavy atom. The molecule has 0 atom stereocenters. The van der Waals surface area contributed by atoms with E-state index in [9.17, 15) is 9.59 Å². The van der Waals surface area contributed by atoms with Crippen LogP contribution in [0.2, 0.25) is 5.02 Å². The number of pyridine rings is 1. The number of rotatable bonds is 4. The number of halogens is 1. The van der Waals surface area contributed by atoms with Crippen molar-refractivity contribution in [3.05, 3.63) is 58.9 Å². The predicted molar refractivity (Wildman–Crippen MR) is 76.5 cm³/mol. The van der Waals surface area contributed by atoms with E-state index in [2.05, 4.69) is 10.3 Å². The van der Waals surface area contributed by atoms with E-state index in [1.54, 1.807) is 30.3 Å². The molecule has 0 saturated heterocycles. The lowest BCUT2D eigenvalue weighted by molar-refractivity contribution is -0.117. The average molecular weight is 290 g/mol. The van der Waals surface area contributed by atoms with Crippen LogP contribution in [0.1, 0.15) is 15.9 Å². The number of nitrogens with one attached hydrogen (secondary N) is 1. The third kappa shape index (κ3) is 3.55. The van der Waals surface area contributed by atoms with Crippen molar-refractivity contribution < 1.29 is 9.59 Å². The molecular weight excluding hydrogens is 278 g/mol. The molecule has 20 heavy (non-hydrogen) atoms. The zero-order chi connectivity index (χ0) is 14.5. The van der Waals surface area contributed by atoms with Crippen molar-refractivity contribution in [1.82, 2.24) is 4.98 Å². The van der Waals surface area contributed by atoms with E-state index >= 15 is 0 Å². The summed E-state index contributed by atoms with van der Waals surface area (Å²) in [6.45, 7) is 0. The summed E-state index contributed by atoms with van der Waals surface area (Å²) in [4.78, 5) is 26.6. The fourth-order valence-electron chi connectivity index (χ4n) is 1.66.